The Labute approximate surface area is 151 Å². The lowest BCUT2D eigenvalue weighted by atomic mass is 10.1. The van der Waals surface area contributed by atoms with Crippen LogP contribution in [0.25, 0.3) is 0 Å². The Bertz CT molecular complexity index is 887. The highest BCUT2D eigenvalue weighted by molar-refractivity contribution is 7.17. The maximum atomic E-state index is 12.4. The predicted octanol–water partition coefficient (Wildman–Crippen LogP) is 4.74. The van der Waals surface area contributed by atoms with E-state index in [4.69, 9.17) is 0 Å². The molecule has 2 N–H and O–H groups in total. The lowest BCUT2D eigenvalue weighted by molar-refractivity contribution is 0.0954. The van der Waals surface area contributed by atoms with Crippen molar-refractivity contribution in [2.45, 2.75) is 27.3 Å². The fraction of sp³-hybridized carbons (Fsp3) is 0.200. The molecule has 3 rings (SSSR count). The molecule has 0 bridgehead atoms. The first-order valence-electron chi connectivity index (χ1n) is 8.17. The van der Waals surface area contributed by atoms with Crippen LogP contribution in [0.15, 0.2) is 48.5 Å². The summed E-state index contributed by atoms with van der Waals surface area (Å²) < 4.78 is 0. The maximum absolute atomic E-state index is 12.4. The van der Waals surface area contributed by atoms with Gasteiger partial charge in [-0.15, -0.1) is 0 Å². The van der Waals surface area contributed by atoms with E-state index >= 15 is 0 Å². The van der Waals surface area contributed by atoms with Crippen LogP contribution in [0.4, 0.5) is 10.8 Å². The summed E-state index contributed by atoms with van der Waals surface area (Å²) in [6.07, 6.45) is 0. The third-order valence-corrected chi connectivity index (χ3v) is 4.99. The van der Waals surface area contributed by atoms with Crippen LogP contribution in [0, 0.1) is 20.8 Å². The summed E-state index contributed by atoms with van der Waals surface area (Å²) in [6.45, 7) is 6.50. The van der Waals surface area contributed by atoms with Gasteiger partial charge in [0.05, 0.1) is 5.69 Å². The van der Waals surface area contributed by atoms with E-state index in [-0.39, 0.29) is 5.91 Å². The first kappa shape index (κ1) is 17.2. The quantitative estimate of drug-likeness (QED) is 0.698. The standard InChI is InChI=1S/C20H21N3OS/c1-13-9-10-17(14(2)11-13)23-20-22-15(3)18(25-20)19(24)21-12-16-7-5-4-6-8-16/h4-11H,12H2,1-3H3,(H,21,24)(H,22,23). The van der Waals surface area contributed by atoms with Crippen molar-refractivity contribution in [1.82, 2.24) is 10.3 Å². The second kappa shape index (κ2) is 7.49. The van der Waals surface area contributed by atoms with Crippen molar-refractivity contribution in [3.05, 3.63) is 75.8 Å². The van der Waals surface area contributed by atoms with E-state index in [1.165, 1.54) is 16.9 Å². The van der Waals surface area contributed by atoms with E-state index in [1.807, 2.05) is 43.3 Å². The van der Waals surface area contributed by atoms with Crippen LogP contribution in [0.5, 0.6) is 0 Å². The number of nitrogens with one attached hydrogen (secondary N) is 2. The maximum Gasteiger partial charge on any atom is 0.263 e. The Balaban J connectivity index is 1.70. The lowest BCUT2D eigenvalue weighted by Crippen LogP contribution is -2.22. The van der Waals surface area contributed by atoms with Gasteiger partial charge in [-0.25, -0.2) is 4.98 Å². The summed E-state index contributed by atoms with van der Waals surface area (Å²) in [5, 5.41) is 7.00. The lowest BCUT2D eigenvalue weighted by Gasteiger charge is -2.07. The number of benzene rings is 2. The third-order valence-electron chi connectivity index (χ3n) is 3.92. The van der Waals surface area contributed by atoms with E-state index in [1.54, 1.807) is 0 Å². The number of hydrogen-bond acceptors (Lipinski definition) is 4. The normalized spacial score (nSPS) is 10.5. The number of aryl methyl sites for hydroxylation is 3. The molecule has 0 atom stereocenters. The Kier molecular flexibility index (Phi) is 5.14. The van der Waals surface area contributed by atoms with Crippen LogP contribution in [0.1, 0.15) is 32.1 Å². The molecular formula is C20H21N3OS. The Morgan fingerprint density at radius 1 is 1.08 bits per heavy atom. The molecule has 0 fully saturated rings. The van der Waals surface area contributed by atoms with Gasteiger partial charge in [-0.2, -0.15) is 0 Å². The van der Waals surface area contributed by atoms with Gasteiger partial charge in [-0.1, -0.05) is 59.4 Å². The van der Waals surface area contributed by atoms with Crippen molar-refractivity contribution >= 4 is 28.1 Å². The molecule has 2 aromatic carbocycles. The zero-order valence-corrected chi connectivity index (χ0v) is 15.4. The van der Waals surface area contributed by atoms with Crippen molar-refractivity contribution in [3.63, 3.8) is 0 Å². The fourth-order valence-electron chi connectivity index (χ4n) is 2.59. The Morgan fingerprint density at radius 2 is 1.84 bits per heavy atom. The number of anilines is 2. The van der Waals surface area contributed by atoms with E-state index in [2.05, 4.69) is 41.6 Å². The van der Waals surface area contributed by atoms with Gasteiger partial charge in [0.1, 0.15) is 4.88 Å². The van der Waals surface area contributed by atoms with Crippen molar-refractivity contribution in [3.8, 4) is 0 Å². The molecule has 0 aliphatic carbocycles. The number of amides is 1. The molecule has 25 heavy (non-hydrogen) atoms. The van der Waals surface area contributed by atoms with Gasteiger partial charge < -0.3 is 10.6 Å². The molecule has 0 unspecified atom stereocenters. The topological polar surface area (TPSA) is 54.0 Å². The average Bonchev–Trinajstić information content (AvgIpc) is 2.97. The first-order chi connectivity index (χ1) is 12.0. The number of hydrogen-bond donors (Lipinski definition) is 2. The number of rotatable bonds is 5. The predicted molar refractivity (Wildman–Crippen MR) is 104 cm³/mol. The zero-order chi connectivity index (χ0) is 17.8. The summed E-state index contributed by atoms with van der Waals surface area (Å²) in [5.74, 6) is -0.0902. The molecule has 128 valence electrons. The van der Waals surface area contributed by atoms with Crippen molar-refractivity contribution in [1.29, 1.82) is 0 Å². The van der Waals surface area contributed by atoms with Gasteiger partial charge >= 0.3 is 0 Å². The van der Waals surface area contributed by atoms with Crippen LogP contribution >= 0.6 is 11.3 Å². The van der Waals surface area contributed by atoms with Gasteiger partial charge in [0, 0.05) is 12.2 Å². The van der Waals surface area contributed by atoms with Gasteiger partial charge in [-0.05, 0) is 38.0 Å². The number of thiazole rings is 1. The molecule has 0 spiro atoms. The largest absolute Gasteiger partial charge is 0.347 e. The zero-order valence-electron chi connectivity index (χ0n) is 14.6. The highest BCUT2D eigenvalue weighted by Gasteiger charge is 2.15. The van der Waals surface area contributed by atoms with Gasteiger partial charge in [0.25, 0.3) is 5.91 Å². The van der Waals surface area contributed by atoms with Crippen LogP contribution < -0.4 is 10.6 Å². The molecule has 4 nitrogen and oxygen atoms in total. The molecule has 0 saturated heterocycles. The summed E-state index contributed by atoms with van der Waals surface area (Å²) in [5.41, 5.74) is 5.20. The summed E-state index contributed by atoms with van der Waals surface area (Å²) in [4.78, 5) is 17.6. The highest BCUT2D eigenvalue weighted by atomic mass is 32.1. The van der Waals surface area contributed by atoms with Crippen LogP contribution in [-0.4, -0.2) is 10.9 Å². The molecule has 1 heterocycles. The first-order valence-corrected chi connectivity index (χ1v) is 8.98. The van der Waals surface area contributed by atoms with Crippen molar-refractivity contribution in [2.24, 2.45) is 0 Å². The van der Waals surface area contributed by atoms with Crippen LogP contribution in [0.2, 0.25) is 0 Å². The summed E-state index contributed by atoms with van der Waals surface area (Å²) in [6, 6.07) is 16.1. The van der Waals surface area contributed by atoms with E-state index in [9.17, 15) is 4.79 Å². The summed E-state index contributed by atoms with van der Waals surface area (Å²) >= 11 is 1.38. The molecule has 0 radical (unpaired) electrons. The molecule has 3 aromatic rings. The van der Waals surface area contributed by atoms with Crippen molar-refractivity contribution < 1.29 is 4.79 Å². The minimum Gasteiger partial charge on any atom is -0.347 e. The molecule has 0 saturated carbocycles. The van der Waals surface area contributed by atoms with Crippen molar-refractivity contribution in [2.75, 3.05) is 5.32 Å². The van der Waals surface area contributed by atoms with Crippen LogP contribution in [-0.2, 0) is 6.54 Å². The Hall–Kier alpha value is -2.66. The average molecular weight is 351 g/mol. The third kappa shape index (κ3) is 4.25. The number of aromatic nitrogens is 1. The minimum absolute atomic E-state index is 0.0902. The number of nitrogens with zero attached hydrogens (tertiary/aromatic N) is 1. The van der Waals surface area contributed by atoms with E-state index in [0.29, 0.717) is 11.4 Å². The molecule has 5 heteroatoms. The molecule has 0 aliphatic heterocycles. The Morgan fingerprint density at radius 3 is 2.56 bits per heavy atom. The highest BCUT2D eigenvalue weighted by Crippen LogP contribution is 2.27. The SMILES string of the molecule is Cc1ccc(Nc2nc(C)c(C(=O)NCc3ccccc3)s2)c(C)c1. The summed E-state index contributed by atoms with van der Waals surface area (Å²) in [7, 11) is 0. The second-order valence-corrected chi connectivity index (χ2v) is 7.04. The number of carbonyl (C=O) groups excluding carboxylic acids is 1. The molecule has 1 amide bonds. The minimum atomic E-state index is -0.0902. The number of carbonyl (C=O) groups is 1. The van der Waals surface area contributed by atoms with E-state index in [0.717, 1.165) is 27.6 Å². The second-order valence-electron chi connectivity index (χ2n) is 6.05. The van der Waals surface area contributed by atoms with E-state index < -0.39 is 0 Å². The molecular weight excluding hydrogens is 330 g/mol. The monoisotopic (exact) mass is 351 g/mol. The van der Waals surface area contributed by atoms with Crippen LogP contribution in [0.3, 0.4) is 0 Å². The fourth-order valence-corrected chi connectivity index (χ4v) is 3.48. The molecule has 1 aromatic heterocycles. The van der Waals surface area contributed by atoms with Gasteiger partial charge in [0.2, 0.25) is 0 Å². The van der Waals surface area contributed by atoms with Gasteiger partial charge in [0.15, 0.2) is 5.13 Å². The molecule has 0 aliphatic rings. The smallest absolute Gasteiger partial charge is 0.263 e. The van der Waals surface area contributed by atoms with Gasteiger partial charge in [-0.3, -0.25) is 4.79 Å².